The maximum absolute atomic E-state index is 11.8. The molecule has 0 aliphatic carbocycles. The van der Waals surface area contributed by atoms with Crippen LogP contribution in [0.15, 0.2) is 18.2 Å². The lowest BCUT2D eigenvalue weighted by Crippen LogP contribution is -2.33. The minimum Gasteiger partial charge on any atom is -0.462 e. The summed E-state index contributed by atoms with van der Waals surface area (Å²) >= 11 is 0. The Morgan fingerprint density at radius 1 is 1.32 bits per heavy atom. The van der Waals surface area contributed by atoms with E-state index in [9.17, 15) is 4.79 Å². The van der Waals surface area contributed by atoms with Gasteiger partial charge in [0, 0.05) is 16.9 Å². The lowest BCUT2D eigenvalue weighted by atomic mass is 9.95. The van der Waals surface area contributed by atoms with Crippen molar-refractivity contribution >= 4 is 17.3 Å². The molecule has 0 spiro atoms. The van der Waals surface area contributed by atoms with Crippen LogP contribution in [0.1, 0.15) is 50.9 Å². The van der Waals surface area contributed by atoms with Gasteiger partial charge < -0.3 is 15.8 Å². The van der Waals surface area contributed by atoms with Gasteiger partial charge in [0.1, 0.15) is 0 Å². The molecule has 0 aromatic heterocycles. The van der Waals surface area contributed by atoms with Crippen LogP contribution in [0, 0.1) is 0 Å². The first-order valence-electron chi connectivity index (χ1n) is 6.80. The summed E-state index contributed by atoms with van der Waals surface area (Å²) in [6.07, 6.45) is 2.01. The summed E-state index contributed by atoms with van der Waals surface area (Å²) in [7, 11) is 0. The number of carbonyl (C=O) groups excluding carboxylic acids is 1. The van der Waals surface area contributed by atoms with Crippen LogP contribution in [0.2, 0.25) is 0 Å². The number of anilines is 2. The van der Waals surface area contributed by atoms with E-state index in [2.05, 4.69) is 26.1 Å². The van der Waals surface area contributed by atoms with Crippen LogP contribution in [0.5, 0.6) is 0 Å². The van der Waals surface area contributed by atoms with E-state index in [0.717, 1.165) is 18.5 Å². The summed E-state index contributed by atoms with van der Waals surface area (Å²) in [5, 5.41) is 3.46. The smallest absolute Gasteiger partial charge is 0.340 e. The van der Waals surface area contributed by atoms with Gasteiger partial charge in [-0.05, 0) is 44.9 Å². The molecule has 0 atom stereocenters. The molecule has 0 heterocycles. The highest BCUT2D eigenvalue weighted by Crippen LogP contribution is 2.25. The van der Waals surface area contributed by atoms with E-state index in [1.54, 1.807) is 19.1 Å². The molecule has 0 fully saturated rings. The third-order valence-electron chi connectivity index (χ3n) is 3.56. The Labute approximate surface area is 115 Å². The highest BCUT2D eigenvalue weighted by atomic mass is 16.5. The van der Waals surface area contributed by atoms with Crippen molar-refractivity contribution in [2.75, 3.05) is 17.7 Å². The van der Waals surface area contributed by atoms with Crippen LogP contribution in [0.25, 0.3) is 0 Å². The molecule has 1 rings (SSSR count). The molecule has 0 amide bonds. The molecule has 0 unspecified atom stereocenters. The fraction of sp³-hybridized carbons (Fsp3) is 0.533. The van der Waals surface area contributed by atoms with Gasteiger partial charge >= 0.3 is 5.97 Å². The van der Waals surface area contributed by atoms with Gasteiger partial charge in [-0.15, -0.1) is 0 Å². The third-order valence-corrected chi connectivity index (χ3v) is 3.56. The normalized spacial score (nSPS) is 11.2. The molecule has 0 aliphatic rings. The first kappa shape index (κ1) is 15.3. The lowest BCUT2D eigenvalue weighted by Gasteiger charge is -2.29. The number of esters is 1. The van der Waals surface area contributed by atoms with Crippen molar-refractivity contribution < 1.29 is 9.53 Å². The summed E-state index contributed by atoms with van der Waals surface area (Å²) in [5.74, 6) is -0.377. The second kappa shape index (κ2) is 6.45. The zero-order valence-corrected chi connectivity index (χ0v) is 12.2. The Morgan fingerprint density at radius 2 is 1.95 bits per heavy atom. The van der Waals surface area contributed by atoms with Crippen molar-refractivity contribution in [1.82, 2.24) is 0 Å². The van der Waals surface area contributed by atoms with Crippen LogP contribution in [0.4, 0.5) is 11.4 Å². The molecule has 0 saturated heterocycles. The second-order valence-electron chi connectivity index (χ2n) is 4.92. The van der Waals surface area contributed by atoms with Crippen molar-refractivity contribution in [2.24, 2.45) is 0 Å². The van der Waals surface area contributed by atoms with Crippen LogP contribution >= 0.6 is 0 Å². The standard InChI is InChI=1S/C15H24N2O2/c1-5-15(4,6-2)17-11-8-9-13(16)12(10-11)14(18)19-7-3/h8-10,17H,5-7,16H2,1-4H3. The van der Waals surface area contributed by atoms with Gasteiger partial charge in [-0.2, -0.15) is 0 Å². The van der Waals surface area contributed by atoms with E-state index in [4.69, 9.17) is 10.5 Å². The predicted octanol–water partition coefficient (Wildman–Crippen LogP) is 3.44. The van der Waals surface area contributed by atoms with Crippen molar-refractivity contribution in [1.29, 1.82) is 0 Å². The number of nitrogens with one attached hydrogen (secondary N) is 1. The molecule has 4 heteroatoms. The van der Waals surface area contributed by atoms with Gasteiger partial charge in [0.2, 0.25) is 0 Å². The van der Waals surface area contributed by atoms with E-state index < -0.39 is 0 Å². The molecule has 19 heavy (non-hydrogen) atoms. The van der Waals surface area contributed by atoms with E-state index in [-0.39, 0.29) is 11.5 Å². The minimum absolute atomic E-state index is 0.0159. The SMILES string of the molecule is CCOC(=O)c1cc(NC(C)(CC)CC)ccc1N. The Balaban J connectivity index is 2.99. The fourth-order valence-corrected chi connectivity index (χ4v) is 1.79. The maximum Gasteiger partial charge on any atom is 0.340 e. The number of hydrogen-bond acceptors (Lipinski definition) is 4. The Hall–Kier alpha value is -1.71. The summed E-state index contributed by atoms with van der Waals surface area (Å²) in [6.45, 7) is 8.56. The second-order valence-corrected chi connectivity index (χ2v) is 4.92. The first-order valence-corrected chi connectivity index (χ1v) is 6.80. The topological polar surface area (TPSA) is 64.3 Å². The third kappa shape index (κ3) is 3.88. The molecule has 0 saturated carbocycles. The molecule has 0 radical (unpaired) electrons. The molecular formula is C15H24N2O2. The summed E-state index contributed by atoms with van der Waals surface area (Å²) in [5.41, 5.74) is 7.59. The average molecular weight is 264 g/mol. The predicted molar refractivity (Wildman–Crippen MR) is 79.4 cm³/mol. The molecule has 0 aliphatic heterocycles. The van der Waals surface area contributed by atoms with Gasteiger partial charge in [-0.1, -0.05) is 13.8 Å². The number of rotatable bonds is 6. The lowest BCUT2D eigenvalue weighted by molar-refractivity contribution is 0.0527. The Morgan fingerprint density at radius 3 is 2.47 bits per heavy atom. The maximum atomic E-state index is 11.8. The minimum atomic E-state index is -0.377. The monoisotopic (exact) mass is 264 g/mol. The zero-order chi connectivity index (χ0) is 14.5. The fourth-order valence-electron chi connectivity index (χ4n) is 1.79. The zero-order valence-electron chi connectivity index (χ0n) is 12.2. The van der Waals surface area contributed by atoms with E-state index in [1.807, 2.05) is 6.07 Å². The molecule has 1 aromatic carbocycles. The van der Waals surface area contributed by atoms with Crippen molar-refractivity contribution in [3.8, 4) is 0 Å². The van der Waals surface area contributed by atoms with Crippen molar-refractivity contribution in [2.45, 2.75) is 46.1 Å². The van der Waals surface area contributed by atoms with Gasteiger partial charge in [-0.3, -0.25) is 0 Å². The summed E-state index contributed by atoms with van der Waals surface area (Å²) < 4.78 is 5.00. The number of benzene rings is 1. The number of carbonyl (C=O) groups is 1. The van der Waals surface area contributed by atoms with Gasteiger partial charge in [0.05, 0.1) is 12.2 Å². The van der Waals surface area contributed by atoms with Crippen LogP contribution in [-0.2, 0) is 4.74 Å². The van der Waals surface area contributed by atoms with Gasteiger partial charge in [0.15, 0.2) is 0 Å². The number of ether oxygens (including phenoxy) is 1. The average Bonchev–Trinajstić information content (AvgIpc) is 2.41. The summed E-state index contributed by atoms with van der Waals surface area (Å²) in [4.78, 5) is 11.8. The van der Waals surface area contributed by atoms with Crippen molar-refractivity contribution in [3.05, 3.63) is 23.8 Å². The first-order chi connectivity index (χ1) is 8.95. The van der Waals surface area contributed by atoms with Crippen LogP contribution < -0.4 is 11.1 Å². The number of hydrogen-bond donors (Lipinski definition) is 2. The molecular weight excluding hydrogens is 240 g/mol. The van der Waals surface area contributed by atoms with Gasteiger partial charge in [-0.25, -0.2) is 4.79 Å². The quantitative estimate of drug-likeness (QED) is 0.610. The molecule has 0 bridgehead atoms. The van der Waals surface area contributed by atoms with E-state index in [1.165, 1.54) is 0 Å². The van der Waals surface area contributed by atoms with E-state index >= 15 is 0 Å². The summed E-state index contributed by atoms with van der Waals surface area (Å²) in [6, 6.07) is 5.39. The van der Waals surface area contributed by atoms with Crippen molar-refractivity contribution in [3.63, 3.8) is 0 Å². The molecule has 106 valence electrons. The highest BCUT2D eigenvalue weighted by Gasteiger charge is 2.20. The Kier molecular flexibility index (Phi) is 5.21. The highest BCUT2D eigenvalue weighted by molar-refractivity contribution is 5.96. The molecule has 1 aromatic rings. The number of nitrogen functional groups attached to an aromatic ring is 1. The van der Waals surface area contributed by atoms with Crippen LogP contribution in [0.3, 0.4) is 0 Å². The number of nitrogens with two attached hydrogens (primary N) is 1. The van der Waals surface area contributed by atoms with E-state index in [0.29, 0.717) is 17.9 Å². The van der Waals surface area contributed by atoms with Crippen LogP contribution in [-0.4, -0.2) is 18.1 Å². The van der Waals surface area contributed by atoms with Gasteiger partial charge in [0.25, 0.3) is 0 Å². The largest absolute Gasteiger partial charge is 0.462 e. The molecule has 4 nitrogen and oxygen atoms in total. The Bertz CT molecular complexity index is 440. The molecule has 3 N–H and O–H groups in total.